The van der Waals surface area contributed by atoms with E-state index in [2.05, 4.69) is 26.2 Å². The third-order valence-corrected chi connectivity index (χ3v) is 2.52. The molecular weight excluding hydrogens is 246 g/mol. The van der Waals surface area contributed by atoms with E-state index >= 15 is 0 Å². The van der Waals surface area contributed by atoms with Crippen molar-refractivity contribution in [3.8, 4) is 5.75 Å². The van der Waals surface area contributed by atoms with Crippen LogP contribution in [0.5, 0.6) is 5.75 Å². The molecule has 2 aromatic rings. The van der Waals surface area contributed by atoms with Crippen LogP contribution in [-0.2, 0) is 6.54 Å². The summed E-state index contributed by atoms with van der Waals surface area (Å²) in [6.07, 6.45) is 0. The van der Waals surface area contributed by atoms with Crippen molar-refractivity contribution in [1.82, 2.24) is 15.0 Å². The molecule has 1 aromatic carbocycles. The van der Waals surface area contributed by atoms with Crippen LogP contribution in [0.2, 0.25) is 0 Å². The van der Waals surface area contributed by atoms with E-state index in [1.165, 1.54) is 0 Å². The molecule has 0 bridgehead atoms. The number of aryl methyl sites for hydroxylation is 1. The first-order chi connectivity index (χ1) is 6.76. The Balaban J connectivity index is 2.78. The lowest BCUT2D eigenvalue weighted by atomic mass is 10.3. The standard InChI is InChI=1S/C9H10BrN3O/c1-3-13-9-7(11-12-13)4-6(10)5-8(9)14-2/h4-5H,3H2,1-2H3. The van der Waals surface area contributed by atoms with Crippen molar-refractivity contribution in [2.45, 2.75) is 13.5 Å². The number of hydrogen-bond donors (Lipinski definition) is 0. The van der Waals surface area contributed by atoms with Gasteiger partial charge in [0.25, 0.3) is 0 Å². The Kier molecular flexibility index (Phi) is 2.41. The van der Waals surface area contributed by atoms with Gasteiger partial charge >= 0.3 is 0 Å². The number of rotatable bonds is 2. The van der Waals surface area contributed by atoms with Crippen molar-refractivity contribution in [3.05, 3.63) is 16.6 Å². The van der Waals surface area contributed by atoms with Crippen LogP contribution in [0.15, 0.2) is 16.6 Å². The maximum Gasteiger partial charge on any atom is 0.147 e. The van der Waals surface area contributed by atoms with Crippen LogP contribution in [0.4, 0.5) is 0 Å². The molecule has 0 fully saturated rings. The number of methoxy groups -OCH3 is 1. The molecule has 0 aliphatic heterocycles. The highest BCUT2D eigenvalue weighted by Gasteiger charge is 2.10. The van der Waals surface area contributed by atoms with Gasteiger partial charge in [-0.3, -0.25) is 0 Å². The first kappa shape index (κ1) is 9.45. The average Bonchev–Trinajstić information content (AvgIpc) is 2.59. The zero-order chi connectivity index (χ0) is 10.1. The third-order valence-electron chi connectivity index (χ3n) is 2.06. The zero-order valence-corrected chi connectivity index (χ0v) is 9.58. The van der Waals surface area contributed by atoms with E-state index in [0.29, 0.717) is 0 Å². The van der Waals surface area contributed by atoms with Gasteiger partial charge in [-0.1, -0.05) is 21.1 Å². The van der Waals surface area contributed by atoms with Crippen LogP contribution in [-0.4, -0.2) is 22.1 Å². The minimum Gasteiger partial charge on any atom is -0.494 e. The molecule has 0 unspecified atom stereocenters. The van der Waals surface area contributed by atoms with Gasteiger partial charge in [0, 0.05) is 11.0 Å². The summed E-state index contributed by atoms with van der Waals surface area (Å²) in [6, 6.07) is 3.84. The van der Waals surface area contributed by atoms with E-state index < -0.39 is 0 Å². The molecule has 0 N–H and O–H groups in total. The zero-order valence-electron chi connectivity index (χ0n) is 7.99. The molecule has 1 aromatic heterocycles. The number of benzene rings is 1. The lowest BCUT2D eigenvalue weighted by Crippen LogP contribution is -1.97. The predicted molar refractivity (Wildman–Crippen MR) is 57.5 cm³/mol. The Morgan fingerprint density at radius 3 is 2.93 bits per heavy atom. The molecule has 1 heterocycles. The van der Waals surface area contributed by atoms with Gasteiger partial charge in [0.05, 0.1) is 7.11 Å². The lowest BCUT2D eigenvalue weighted by Gasteiger charge is -2.04. The smallest absolute Gasteiger partial charge is 0.147 e. The summed E-state index contributed by atoms with van der Waals surface area (Å²) in [6.45, 7) is 2.81. The van der Waals surface area contributed by atoms with E-state index in [-0.39, 0.29) is 0 Å². The van der Waals surface area contributed by atoms with Gasteiger partial charge in [0.2, 0.25) is 0 Å². The summed E-state index contributed by atoms with van der Waals surface area (Å²) in [5, 5.41) is 8.09. The largest absolute Gasteiger partial charge is 0.494 e. The SMILES string of the molecule is CCn1nnc2cc(Br)cc(OC)c21. The number of halogens is 1. The number of ether oxygens (including phenoxy) is 1. The molecule has 14 heavy (non-hydrogen) atoms. The second-order valence-electron chi connectivity index (χ2n) is 2.88. The maximum absolute atomic E-state index is 5.28. The Morgan fingerprint density at radius 1 is 1.50 bits per heavy atom. The fourth-order valence-electron chi connectivity index (χ4n) is 1.42. The first-order valence-corrected chi connectivity index (χ1v) is 5.12. The highest BCUT2D eigenvalue weighted by Crippen LogP contribution is 2.28. The Labute approximate surface area is 90.0 Å². The molecule has 0 saturated carbocycles. The van der Waals surface area contributed by atoms with Crippen LogP contribution in [0.25, 0.3) is 11.0 Å². The third kappa shape index (κ3) is 1.37. The van der Waals surface area contributed by atoms with Crippen molar-refractivity contribution in [2.24, 2.45) is 0 Å². The highest BCUT2D eigenvalue weighted by molar-refractivity contribution is 9.10. The predicted octanol–water partition coefficient (Wildman–Crippen LogP) is 2.22. The molecule has 5 heteroatoms. The van der Waals surface area contributed by atoms with E-state index in [9.17, 15) is 0 Å². The van der Waals surface area contributed by atoms with Crippen molar-refractivity contribution in [3.63, 3.8) is 0 Å². The number of aromatic nitrogens is 3. The van der Waals surface area contributed by atoms with Gasteiger partial charge < -0.3 is 4.74 Å². The van der Waals surface area contributed by atoms with Crippen molar-refractivity contribution in [1.29, 1.82) is 0 Å². The Bertz CT molecular complexity index is 466. The van der Waals surface area contributed by atoms with Crippen LogP contribution < -0.4 is 4.74 Å². The van der Waals surface area contributed by atoms with Crippen molar-refractivity contribution >= 4 is 27.0 Å². The summed E-state index contributed by atoms with van der Waals surface area (Å²) in [4.78, 5) is 0. The molecule has 0 atom stereocenters. The fourth-order valence-corrected chi connectivity index (χ4v) is 1.84. The summed E-state index contributed by atoms with van der Waals surface area (Å²) in [5.74, 6) is 0.793. The summed E-state index contributed by atoms with van der Waals surface area (Å²) in [5.41, 5.74) is 1.79. The van der Waals surface area contributed by atoms with Crippen LogP contribution in [0.3, 0.4) is 0 Å². The monoisotopic (exact) mass is 255 g/mol. The molecule has 0 aliphatic carbocycles. The molecular formula is C9H10BrN3O. The lowest BCUT2D eigenvalue weighted by molar-refractivity contribution is 0.416. The number of hydrogen-bond acceptors (Lipinski definition) is 3. The minimum atomic E-state index is 0.786. The van der Waals surface area contributed by atoms with Crippen molar-refractivity contribution < 1.29 is 4.74 Å². The molecule has 0 spiro atoms. The van der Waals surface area contributed by atoms with Gasteiger partial charge in [-0.05, 0) is 19.1 Å². The Morgan fingerprint density at radius 2 is 2.29 bits per heavy atom. The molecule has 0 saturated heterocycles. The van der Waals surface area contributed by atoms with Gasteiger partial charge in [-0.2, -0.15) is 0 Å². The number of fused-ring (bicyclic) bond motifs is 1. The quantitative estimate of drug-likeness (QED) is 0.827. The summed E-state index contributed by atoms with van der Waals surface area (Å²) in [7, 11) is 1.65. The van der Waals surface area contributed by atoms with Crippen molar-refractivity contribution in [2.75, 3.05) is 7.11 Å². The van der Waals surface area contributed by atoms with Crippen LogP contribution in [0.1, 0.15) is 6.92 Å². The highest BCUT2D eigenvalue weighted by atomic mass is 79.9. The van der Waals surface area contributed by atoms with E-state index in [4.69, 9.17) is 4.74 Å². The summed E-state index contributed by atoms with van der Waals surface area (Å²) < 4.78 is 8.05. The molecule has 4 nitrogen and oxygen atoms in total. The van der Waals surface area contributed by atoms with E-state index in [1.807, 2.05) is 23.7 Å². The van der Waals surface area contributed by atoms with Gasteiger partial charge in [0.15, 0.2) is 0 Å². The van der Waals surface area contributed by atoms with E-state index in [0.717, 1.165) is 27.8 Å². The molecule has 0 radical (unpaired) electrons. The molecule has 0 amide bonds. The van der Waals surface area contributed by atoms with Gasteiger partial charge in [-0.25, -0.2) is 4.68 Å². The topological polar surface area (TPSA) is 39.9 Å². The molecule has 0 aliphatic rings. The second kappa shape index (κ2) is 3.57. The average molecular weight is 256 g/mol. The van der Waals surface area contributed by atoms with Crippen LogP contribution >= 0.6 is 15.9 Å². The molecule has 2 rings (SSSR count). The van der Waals surface area contributed by atoms with E-state index in [1.54, 1.807) is 7.11 Å². The van der Waals surface area contributed by atoms with Gasteiger partial charge in [0.1, 0.15) is 16.8 Å². The maximum atomic E-state index is 5.28. The van der Waals surface area contributed by atoms with Gasteiger partial charge in [-0.15, -0.1) is 5.10 Å². The normalized spacial score (nSPS) is 10.8. The minimum absolute atomic E-state index is 0.786. The summed E-state index contributed by atoms with van der Waals surface area (Å²) >= 11 is 3.40. The number of nitrogens with zero attached hydrogens (tertiary/aromatic N) is 3. The van der Waals surface area contributed by atoms with Crippen LogP contribution in [0, 0.1) is 0 Å². The fraction of sp³-hybridized carbons (Fsp3) is 0.333. The second-order valence-corrected chi connectivity index (χ2v) is 3.80. The molecule has 74 valence electrons. The first-order valence-electron chi connectivity index (χ1n) is 4.33. The Hall–Kier alpha value is -1.10.